The summed E-state index contributed by atoms with van der Waals surface area (Å²) in [4.78, 5) is 23.4. The van der Waals surface area contributed by atoms with Crippen molar-refractivity contribution in [1.82, 2.24) is 0 Å². The highest BCUT2D eigenvalue weighted by molar-refractivity contribution is 5.69. The summed E-state index contributed by atoms with van der Waals surface area (Å²) in [6, 6.07) is 0. The van der Waals surface area contributed by atoms with Gasteiger partial charge in [-0.05, 0) is 64.2 Å². The molecule has 0 N–H and O–H groups in total. The minimum absolute atomic E-state index is 0.0936. The largest absolute Gasteiger partial charge is 0.466 e. The molecule has 2 aliphatic heterocycles. The molecule has 0 aromatic rings. The SMILES string of the molecule is O=C(CCCCCCCC(=O)OCCC[C@H]1CCCO1)OCCC[C@H]1CCCO1. The van der Waals surface area contributed by atoms with Crippen LogP contribution in [0.4, 0.5) is 0 Å². The van der Waals surface area contributed by atoms with Crippen LogP contribution in [-0.2, 0) is 28.5 Å². The van der Waals surface area contributed by atoms with E-state index in [1.165, 1.54) is 0 Å². The Hall–Kier alpha value is -1.14. The van der Waals surface area contributed by atoms with E-state index < -0.39 is 0 Å². The third-order valence-electron chi connectivity index (χ3n) is 5.68. The Morgan fingerprint density at radius 3 is 1.52 bits per heavy atom. The van der Waals surface area contributed by atoms with Crippen LogP contribution in [0.2, 0.25) is 0 Å². The van der Waals surface area contributed by atoms with Gasteiger partial charge in [0.15, 0.2) is 0 Å². The third kappa shape index (κ3) is 12.2. The molecule has 0 radical (unpaired) electrons. The van der Waals surface area contributed by atoms with Gasteiger partial charge in [-0.2, -0.15) is 0 Å². The van der Waals surface area contributed by atoms with Gasteiger partial charge in [0.2, 0.25) is 0 Å². The maximum atomic E-state index is 11.7. The fourth-order valence-electron chi connectivity index (χ4n) is 3.95. The quantitative estimate of drug-likeness (QED) is 0.270. The Kier molecular flexibility index (Phi) is 13.0. The summed E-state index contributed by atoms with van der Waals surface area (Å²) < 4.78 is 21.7. The molecule has 6 heteroatoms. The van der Waals surface area contributed by atoms with Gasteiger partial charge in [0, 0.05) is 26.1 Å². The zero-order valence-corrected chi connectivity index (χ0v) is 18.0. The Balaban J connectivity index is 1.29. The van der Waals surface area contributed by atoms with E-state index in [0.29, 0.717) is 38.3 Å². The molecule has 2 saturated heterocycles. The average molecular weight is 413 g/mol. The van der Waals surface area contributed by atoms with Crippen molar-refractivity contribution >= 4 is 11.9 Å². The molecule has 0 amide bonds. The minimum atomic E-state index is -0.0936. The molecule has 0 aromatic heterocycles. The number of carbonyl (C=O) groups is 2. The van der Waals surface area contributed by atoms with Crippen molar-refractivity contribution < 1.29 is 28.5 Å². The fraction of sp³-hybridized carbons (Fsp3) is 0.913. The standard InChI is InChI=1S/C23H40O6/c24-22(28-18-8-12-20-10-6-16-26-20)14-4-2-1-3-5-15-23(25)29-19-9-13-21-11-7-17-27-21/h20-21H,1-19H2/t20-,21-/m1/s1. The van der Waals surface area contributed by atoms with E-state index in [4.69, 9.17) is 18.9 Å². The van der Waals surface area contributed by atoms with Gasteiger partial charge in [-0.15, -0.1) is 0 Å². The van der Waals surface area contributed by atoms with Gasteiger partial charge in [-0.1, -0.05) is 19.3 Å². The number of carbonyl (C=O) groups excluding carboxylic acids is 2. The Morgan fingerprint density at radius 1 is 0.655 bits per heavy atom. The molecule has 168 valence electrons. The lowest BCUT2D eigenvalue weighted by Gasteiger charge is -2.09. The summed E-state index contributed by atoms with van der Waals surface area (Å²) in [7, 11) is 0. The van der Waals surface area contributed by atoms with Gasteiger partial charge in [-0.25, -0.2) is 0 Å². The number of hydrogen-bond acceptors (Lipinski definition) is 6. The molecule has 2 atom stereocenters. The summed E-state index contributed by atoms with van der Waals surface area (Å²) >= 11 is 0. The van der Waals surface area contributed by atoms with Crippen LogP contribution >= 0.6 is 0 Å². The van der Waals surface area contributed by atoms with Crippen molar-refractivity contribution in [2.24, 2.45) is 0 Å². The summed E-state index contributed by atoms with van der Waals surface area (Å²) in [5, 5.41) is 0. The van der Waals surface area contributed by atoms with Crippen LogP contribution < -0.4 is 0 Å². The highest BCUT2D eigenvalue weighted by Crippen LogP contribution is 2.17. The first-order valence-electron chi connectivity index (χ1n) is 11.8. The van der Waals surface area contributed by atoms with Crippen LogP contribution in [0.15, 0.2) is 0 Å². The highest BCUT2D eigenvalue weighted by Gasteiger charge is 2.15. The van der Waals surface area contributed by atoms with Crippen molar-refractivity contribution in [3.05, 3.63) is 0 Å². The van der Waals surface area contributed by atoms with Gasteiger partial charge in [0.25, 0.3) is 0 Å². The molecular formula is C23H40O6. The third-order valence-corrected chi connectivity index (χ3v) is 5.68. The molecule has 0 spiro atoms. The second-order valence-corrected chi connectivity index (χ2v) is 8.26. The predicted molar refractivity (Wildman–Crippen MR) is 111 cm³/mol. The zero-order valence-electron chi connectivity index (χ0n) is 18.0. The maximum absolute atomic E-state index is 11.7. The molecule has 6 nitrogen and oxygen atoms in total. The number of hydrogen-bond donors (Lipinski definition) is 0. The van der Waals surface area contributed by atoms with Crippen molar-refractivity contribution in [2.45, 2.75) is 109 Å². The second kappa shape index (κ2) is 15.7. The molecule has 29 heavy (non-hydrogen) atoms. The van der Waals surface area contributed by atoms with E-state index in [1.807, 2.05) is 0 Å². The predicted octanol–water partition coefficient (Wildman–Crippen LogP) is 4.72. The molecule has 2 rings (SSSR count). The second-order valence-electron chi connectivity index (χ2n) is 8.26. The lowest BCUT2D eigenvalue weighted by Crippen LogP contribution is -2.10. The normalized spacial score (nSPS) is 21.4. The van der Waals surface area contributed by atoms with Crippen LogP contribution in [0.3, 0.4) is 0 Å². The molecular weight excluding hydrogens is 372 g/mol. The number of rotatable bonds is 16. The lowest BCUT2D eigenvalue weighted by atomic mass is 10.1. The van der Waals surface area contributed by atoms with Crippen LogP contribution in [0.25, 0.3) is 0 Å². The van der Waals surface area contributed by atoms with E-state index in [1.54, 1.807) is 0 Å². The van der Waals surface area contributed by atoms with Crippen molar-refractivity contribution in [2.75, 3.05) is 26.4 Å². The summed E-state index contributed by atoms with van der Waals surface area (Å²) in [5.74, 6) is -0.187. The summed E-state index contributed by atoms with van der Waals surface area (Å²) in [6.45, 7) is 2.77. The van der Waals surface area contributed by atoms with Gasteiger partial charge in [-0.3, -0.25) is 9.59 Å². The first-order valence-corrected chi connectivity index (χ1v) is 11.8. The van der Waals surface area contributed by atoms with E-state index in [2.05, 4.69) is 0 Å². The van der Waals surface area contributed by atoms with E-state index in [9.17, 15) is 9.59 Å². The topological polar surface area (TPSA) is 71.1 Å². The number of ether oxygens (including phenoxy) is 4. The monoisotopic (exact) mass is 412 g/mol. The lowest BCUT2D eigenvalue weighted by molar-refractivity contribution is -0.144. The molecule has 2 heterocycles. The van der Waals surface area contributed by atoms with E-state index in [0.717, 1.165) is 96.7 Å². The minimum Gasteiger partial charge on any atom is -0.466 e. The molecule has 2 aliphatic rings. The smallest absolute Gasteiger partial charge is 0.305 e. The van der Waals surface area contributed by atoms with Gasteiger partial charge in [0.1, 0.15) is 0 Å². The molecule has 0 saturated carbocycles. The van der Waals surface area contributed by atoms with Gasteiger partial charge < -0.3 is 18.9 Å². The number of unbranched alkanes of at least 4 members (excludes halogenated alkanes) is 4. The average Bonchev–Trinajstić information content (AvgIpc) is 3.42. The summed E-state index contributed by atoms with van der Waals surface area (Å²) in [5.41, 5.74) is 0. The van der Waals surface area contributed by atoms with Crippen LogP contribution in [0.1, 0.15) is 96.3 Å². The van der Waals surface area contributed by atoms with Gasteiger partial charge >= 0.3 is 11.9 Å². The molecule has 0 unspecified atom stereocenters. The van der Waals surface area contributed by atoms with E-state index >= 15 is 0 Å². The fourth-order valence-corrected chi connectivity index (χ4v) is 3.95. The molecule has 0 aliphatic carbocycles. The zero-order chi connectivity index (χ0) is 20.6. The Labute approximate surface area is 176 Å². The van der Waals surface area contributed by atoms with Crippen molar-refractivity contribution in [1.29, 1.82) is 0 Å². The Morgan fingerprint density at radius 2 is 1.10 bits per heavy atom. The maximum Gasteiger partial charge on any atom is 0.305 e. The Bertz CT molecular complexity index is 401. The van der Waals surface area contributed by atoms with Gasteiger partial charge in [0.05, 0.1) is 25.4 Å². The first kappa shape index (κ1) is 24.1. The van der Waals surface area contributed by atoms with Crippen molar-refractivity contribution in [3.63, 3.8) is 0 Å². The highest BCUT2D eigenvalue weighted by atomic mass is 16.5. The molecule has 0 aromatic carbocycles. The number of esters is 2. The van der Waals surface area contributed by atoms with E-state index in [-0.39, 0.29) is 11.9 Å². The van der Waals surface area contributed by atoms with Crippen LogP contribution in [-0.4, -0.2) is 50.6 Å². The molecule has 2 fully saturated rings. The van der Waals surface area contributed by atoms with Crippen LogP contribution in [0, 0.1) is 0 Å². The molecule has 0 bridgehead atoms. The van der Waals surface area contributed by atoms with Crippen molar-refractivity contribution in [3.8, 4) is 0 Å². The summed E-state index contributed by atoms with van der Waals surface area (Å²) in [6.07, 6.45) is 14.8. The first-order chi connectivity index (χ1) is 14.2. The van der Waals surface area contributed by atoms with Crippen LogP contribution in [0.5, 0.6) is 0 Å².